The van der Waals surface area contributed by atoms with Gasteiger partial charge in [-0.2, -0.15) is 0 Å². The molecule has 1 aromatic rings. The van der Waals surface area contributed by atoms with Crippen molar-refractivity contribution in [2.45, 2.75) is 58.2 Å². The summed E-state index contributed by atoms with van der Waals surface area (Å²) in [6.45, 7) is 4.67. The summed E-state index contributed by atoms with van der Waals surface area (Å²) in [6, 6.07) is 4.72. The van der Waals surface area contributed by atoms with Crippen LogP contribution in [0, 0.1) is 0 Å². The number of nitrogens with one attached hydrogen (secondary N) is 2. The molecule has 2 atom stereocenters. The summed E-state index contributed by atoms with van der Waals surface area (Å²) >= 11 is 0. The number of amides is 4. The standard InChI is InChI=1S/C20H25N3O5/c1-3-4-9-21-20(27)28-12(2)13-5-6-14-11-23(19(26)15(14)10-13)16-7-8-17(24)22-18(16)25/h5-6,10,12,16H,3-4,7-9,11H2,1-2H3,(H,21,27)(H,22,24,25). The number of unbranched alkanes of at least 4 members (excludes halogenated alkanes) is 1. The van der Waals surface area contributed by atoms with Crippen LogP contribution in [0.15, 0.2) is 18.2 Å². The fourth-order valence-corrected chi connectivity index (χ4v) is 3.46. The average molecular weight is 387 g/mol. The number of imide groups is 1. The van der Waals surface area contributed by atoms with E-state index in [2.05, 4.69) is 10.6 Å². The van der Waals surface area contributed by atoms with E-state index < -0.39 is 24.1 Å². The third kappa shape index (κ3) is 4.16. The number of hydrogen-bond donors (Lipinski definition) is 2. The Bertz CT molecular complexity index is 807. The van der Waals surface area contributed by atoms with Gasteiger partial charge in [0.25, 0.3) is 5.91 Å². The molecule has 0 aromatic heterocycles. The van der Waals surface area contributed by atoms with Crippen LogP contribution in [0.1, 0.15) is 67.1 Å². The molecule has 2 aliphatic heterocycles. The fourth-order valence-electron chi connectivity index (χ4n) is 3.46. The molecule has 2 N–H and O–H groups in total. The van der Waals surface area contributed by atoms with E-state index in [1.807, 2.05) is 19.1 Å². The smallest absolute Gasteiger partial charge is 0.407 e. The predicted molar refractivity (Wildman–Crippen MR) is 100 cm³/mol. The molecule has 28 heavy (non-hydrogen) atoms. The number of nitrogens with zero attached hydrogens (tertiary/aromatic N) is 1. The lowest BCUT2D eigenvalue weighted by Gasteiger charge is -2.29. The van der Waals surface area contributed by atoms with Crippen molar-refractivity contribution < 1.29 is 23.9 Å². The van der Waals surface area contributed by atoms with Crippen LogP contribution in [0.25, 0.3) is 0 Å². The van der Waals surface area contributed by atoms with Crippen LogP contribution in [0.4, 0.5) is 4.79 Å². The third-order valence-corrected chi connectivity index (χ3v) is 5.11. The Labute approximate surface area is 163 Å². The molecule has 1 saturated heterocycles. The van der Waals surface area contributed by atoms with Crippen LogP contribution in [0.2, 0.25) is 0 Å². The van der Waals surface area contributed by atoms with Crippen molar-refractivity contribution in [3.63, 3.8) is 0 Å². The Balaban J connectivity index is 1.67. The van der Waals surface area contributed by atoms with E-state index in [4.69, 9.17) is 4.74 Å². The van der Waals surface area contributed by atoms with Gasteiger partial charge in [0.1, 0.15) is 12.1 Å². The Kier molecular flexibility index (Phi) is 5.96. The van der Waals surface area contributed by atoms with E-state index in [1.165, 1.54) is 4.90 Å². The number of piperidine rings is 1. The number of ether oxygens (including phenoxy) is 1. The van der Waals surface area contributed by atoms with Crippen LogP contribution in [-0.2, 0) is 20.9 Å². The highest BCUT2D eigenvalue weighted by Gasteiger charge is 2.39. The highest BCUT2D eigenvalue weighted by molar-refractivity contribution is 6.05. The molecule has 1 fully saturated rings. The maximum absolute atomic E-state index is 12.8. The Morgan fingerprint density at radius 2 is 2.14 bits per heavy atom. The first-order chi connectivity index (χ1) is 13.4. The van der Waals surface area contributed by atoms with Crippen molar-refractivity contribution in [3.05, 3.63) is 34.9 Å². The van der Waals surface area contributed by atoms with E-state index in [0.29, 0.717) is 30.6 Å². The van der Waals surface area contributed by atoms with E-state index in [9.17, 15) is 19.2 Å². The van der Waals surface area contributed by atoms with Gasteiger partial charge in [0.05, 0.1) is 0 Å². The molecule has 8 nitrogen and oxygen atoms in total. The maximum atomic E-state index is 12.8. The van der Waals surface area contributed by atoms with Crippen LogP contribution in [0.3, 0.4) is 0 Å². The maximum Gasteiger partial charge on any atom is 0.407 e. The first-order valence-corrected chi connectivity index (χ1v) is 9.62. The number of alkyl carbamates (subject to hydrolysis) is 1. The monoisotopic (exact) mass is 387 g/mol. The van der Waals surface area contributed by atoms with Crippen molar-refractivity contribution in [2.75, 3.05) is 6.54 Å². The van der Waals surface area contributed by atoms with Crippen LogP contribution >= 0.6 is 0 Å². The molecule has 2 unspecified atom stereocenters. The van der Waals surface area contributed by atoms with Crippen molar-refractivity contribution in [2.24, 2.45) is 0 Å². The van der Waals surface area contributed by atoms with Gasteiger partial charge in [0, 0.05) is 25.1 Å². The molecule has 0 spiro atoms. The number of carbonyl (C=O) groups excluding carboxylic acids is 4. The van der Waals surface area contributed by atoms with Crippen molar-refractivity contribution >= 4 is 23.8 Å². The van der Waals surface area contributed by atoms with Crippen LogP contribution in [-0.4, -0.2) is 41.3 Å². The summed E-state index contributed by atoms with van der Waals surface area (Å²) in [5, 5.41) is 4.99. The van der Waals surface area contributed by atoms with Crippen molar-refractivity contribution in [3.8, 4) is 0 Å². The molecule has 150 valence electrons. The van der Waals surface area contributed by atoms with Gasteiger partial charge in [0.15, 0.2) is 0 Å². The lowest BCUT2D eigenvalue weighted by molar-refractivity contribution is -0.136. The second-order valence-corrected chi connectivity index (χ2v) is 7.14. The molecule has 2 heterocycles. The van der Waals surface area contributed by atoms with E-state index in [-0.39, 0.29) is 18.2 Å². The lowest BCUT2D eigenvalue weighted by atomic mass is 10.0. The predicted octanol–water partition coefficient (Wildman–Crippen LogP) is 2.03. The summed E-state index contributed by atoms with van der Waals surface area (Å²) in [6.07, 6.45) is 1.41. The Morgan fingerprint density at radius 3 is 2.86 bits per heavy atom. The van der Waals surface area contributed by atoms with Gasteiger partial charge in [-0.25, -0.2) is 4.79 Å². The highest BCUT2D eigenvalue weighted by atomic mass is 16.6. The van der Waals surface area contributed by atoms with Crippen molar-refractivity contribution in [1.82, 2.24) is 15.5 Å². The van der Waals surface area contributed by atoms with E-state index in [1.54, 1.807) is 13.0 Å². The summed E-state index contributed by atoms with van der Waals surface area (Å²) in [5.74, 6) is -0.986. The second-order valence-electron chi connectivity index (χ2n) is 7.14. The SMILES string of the molecule is CCCCNC(=O)OC(C)c1ccc2c(c1)C(=O)N(C1CCC(=O)NC1=O)C2. The Morgan fingerprint density at radius 1 is 1.36 bits per heavy atom. The number of benzene rings is 1. The van der Waals surface area contributed by atoms with Gasteiger partial charge >= 0.3 is 6.09 Å². The van der Waals surface area contributed by atoms with Gasteiger partial charge in [-0.05, 0) is 37.0 Å². The van der Waals surface area contributed by atoms with Crippen molar-refractivity contribution in [1.29, 1.82) is 0 Å². The number of hydrogen-bond acceptors (Lipinski definition) is 5. The molecule has 1 aromatic carbocycles. The molecule has 0 aliphatic carbocycles. The van der Waals surface area contributed by atoms with Gasteiger partial charge in [-0.1, -0.05) is 25.5 Å². The van der Waals surface area contributed by atoms with E-state index in [0.717, 1.165) is 18.4 Å². The zero-order chi connectivity index (χ0) is 20.3. The summed E-state index contributed by atoms with van der Waals surface area (Å²) in [5.41, 5.74) is 2.03. The summed E-state index contributed by atoms with van der Waals surface area (Å²) in [4.78, 5) is 49.6. The highest BCUT2D eigenvalue weighted by Crippen LogP contribution is 2.30. The minimum absolute atomic E-state index is 0.222. The molecule has 0 saturated carbocycles. The topological polar surface area (TPSA) is 105 Å². The number of rotatable bonds is 6. The van der Waals surface area contributed by atoms with Crippen LogP contribution < -0.4 is 10.6 Å². The molecule has 0 bridgehead atoms. The molecule has 8 heteroatoms. The molecular formula is C20H25N3O5. The van der Waals surface area contributed by atoms with Gasteiger partial charge in [-0.3, -0.25) is 19.7 Å². The first kappa shape index (κ1) is 19.9. The zero-order valence-electron chi connectivity index (χ0n) is 16.1. The molecule has 2 aliphatic rings. The number of carbonyl (C=O) groups is 4. The average Bonchev–Trinajstić information content (AvgIpc) is 2.98. The molecule has 3 rings (SSSR count). The largest absolute Gasteiger partial charge is 0.442 e. The lowest BCUT2D eigenvalue weighted by Crippen LogP contribution is -2.52. The molecular weight excluding hydrogens is 362 g/mol. The second kappa shape index (κ2) is 8.41. The summed E-state index contributed by atoms with van der Waals surface area (Å²) < 4.78 is 5.37. The van der Waals surface area contributed by atoms with E-state index >= 15 is 0 Å². The Hall–Kier alpha value is -2.90. The zero-order valence-corrected chi connectivity index (χ0v) is 16.1. The minimum atomic E-state index is -0.640. The van der Waals surface area contributed by atoms with Crippen LogP contribution in [0.5, 0.6) is 0 Å². The first-order valence-electron chi connectivity index (χ1n) is 9.62. The summed E-state index contributed by atoms with van der Waals surface area (Å²) in [7, 11) is 0. The third-order valence-electron chi connectivity index (χ3n) is 5.11. The molecule has 4 amide bonds. The number of fused-ring (bicyclic) bond motifs is 1. The molecule has 0 radical (unpaired) electrons. The fraction of sp³-hybridized carbons (Fsp3) is 0.500. The van der Waals surface area contributed by atoms with Gasteiger partial charge in [-0.15, -0.1) is 0 Å². The normalized spacial score (nSPS) is 19.9. The van der Waals surface area contributed by atoms with Gasteiger partial charge in [0.2, 0.25) is 11.8 Å². The minimum Gasteiger partial charge on any atom is -0.442 e. The quantitative estimate of drug-likeness (QED) is 0.574. The van der Waals surface area contributed by atoms with Gasteiger partial charge < -0.3 is 15.0 Å².